The number of sulfonamides is 1. The van der Waals surface area contributed by atoms with E-state index in [-0.39, 0.29) is 59.2 Å². The predicted octanol–water partition coefficient (Wildman–Crippen LogP) is 5.77. The molecule has 1 aliphatic heterocycles. The van der Waals surface area contributed by atoms with Gasteiger partial charge in [-0.1, -0.05) is 12.1 Å². The minimum atomic E-state index is -3.84. The third-order valence-electron chi connectivity index (χ3n) is 6.37. The minimum absolute atomic E-state index is 0. The fourth-order valence-electron chi connectivity index (χ4n) is 4.46. The number of piperazine rings is 1. The number of rotatable bonds is 6. The number of carboxylic acids is 1. The molecule has 4 aromatic rings. The molecule has 1 fully saturated rings. The van der Waals surface area contributed by atoms with E-state index in [0.717, 1.165) is 11.3 Å². The van der Waals surface area contributed by atoms with Crippen molar-refractivity contribution in [1.82, 2.24) is 4.98 Å². The highest BCUT2D eigenvalue weighted by Gasteiger charge is 2.22. The first-order valence-corrected chi connectivity index (χ1v) is 13.2. The van der Waals surface area contributed by atoms with Crippen molar-refractivity contribution in [3.05, 3.63) is 89.7 Å². The summed E-state index contributed by atoms with van der Waals surface area (Å²) in [5.74, 6) is -0.871. The maximum atomic E-state index is 13.2. The van der Waals surface area contributed by atoms with Gasteiger partial charge in [-0.2, -0.15) is 0 Å². The van der Waals surface area contributed by atoms with Crippen LogP contribution in [-0.4, -0.2) is 50.7 Å². The van der Waals surface area contributed by atoms with Crippen LogP contribution in [0.5, 0.6) is 0 Å². The summed E-state index contributed by atoms with van der Waals surface area (Å²) in [5.41, 5.74) is 2.48. The molecular weight excluding hydrogens is 602 g/mol. The number of carbonyl (C=O) groups is 1. The van der Waals surface area contributed by atoms with Crippen LogP contribution in [0.25, 0.3) is 10.9 Å². The van der Waals surface area contributed by atoms with E-state index in [4.69, 9.17) is 0 Å². The number of carboxylic acid groups (broad SMARTS) is 1. The van der Waals surface area contributed by atoms with Crippen LogP contribution in [0.1, 0.15) is 15.9 Å². The van der Waals surface area contributed by atoms with E-state index in [0.29, 0.717) is 42.9 Å². The Balaban J connectivity index is 0.00000187. The summed E-state index contributed by atoms with van der Waals surface area (Å²) in [4.78, 5) is 21.1. The number of aryl methyl sites for hydroxylation is 1. The lowest BCUT2D eigenvalue weighted by molar-refractivity contribution is 0.0699. The van der Waals surface area contributed by atoms with Gasteiger partial charge in [0.1, 0.15) is 11.6 Å². The van der Waals surface area contributed by atoms with E-state index < -0.39 is 16.0 Å². The van der Waals surface area contributed by atoms with Gasteiger partial charge in [0.05, 0.1) is 16.0 Å². The molecule has 1 saturated heterocycles. The van der Waals surface area contributed by atoms with Gasteiger partial charge in [0.15, 0.2) is 0 Å². The van der Waals surface area contributed by atoms with E-state index in [1.54, 1.807) is 49.4 Å². The van der Waals surface area contributed by atoms with Crippen LogP contribution in [0, 0.1) is 12.7 Å². The largest absolute Gasteiger partial charge is 0.478 e. The molecule has 0 aliphatic carbocycles. The molecule has 0 spiro atoms. The van der Waals surface area contributed by atoms with Gasteiger partial charge in [-0.3, -0.25) is 4.72 Å². The second-order valence-electron chi connectivity index (χ2n) is 8.94. The molecule has 8 nitrogen and oxygen atoms in total. The molecule has 0 atom stereocenters. The summed E-state index contributed by atoms with van der Waals surface area (Å²) < 4.78 is 41.5. The molecule has 5 rings (SSSR count). The second kappa shape index (κ2) is 13.4. The van der Waals surface area contributed by atoms with E-state index in [2.05, 4.69) is 14.6 Å². The Hall–Kier alpha value is -3.31. The van der Waals surface area contributed by atoms with E-state index in [1.165, 1.54) is 30.3 Å². The second-order valence-corrected chi connectivity index (χ2v) is 10.6. The van der Waals surface area contributed by atoms with Crippen LogP contribution in [0.4, 0.5) is 21.6 Å². The number of hydrogen-bond donors (Lipinski definition) is 2. The molecule has 0 saturated carbocycles. The maximum Gasteiger partial charge on any atom is 0.336 e. The van der Waals surface area contributed by atoms with E-state index in [1.807, 2.05) is 4.90 Å². The Morgan fingerprint density at radius 3 is 2.17 bits per heavy atom. The summed E-state index contributed by atoms with van der Waals surface area (Å²) in [6, 6.07) is 19.1. The zero-order valence-electron chi connectivity index (χ0n) is 21.3. The Bertz CT molecular complexity index is 1600. The first-order chi connectivity index (χ1) is 17.7. The smallest absolute Gasteiger partial charge is 0.336 e. The van der Waals surface area contributed by atoms with Gasteiger partial charge in [0.25, 0.3) is 10.0 Å². The standard InChI is InChI=1S/C27H25FN4O4S.3ClH/c1-18-3-2-4-22(15-18)37(35,36)30-20-7-10-25-23(16-20)24(27(33)34)17-26(29-25)32-13-11-31(12-14-32)21-8-5-19(28)6-9-21;;;/h2-10,15-17,30H,11-14H2,1H3,(H,33,34);3*1H. The fraction of sp³-hybridized carbons (Fsp3) is 0.185. The van der Waals surface area contributed by atoms with Gasteiger partial charge in [0.2, 0.25) is 0 Å². The predicted molar refractivity (Wildman–Crippen MR) is 163 cm³/mol. The summed E-state index contributed by atoms with van der Waals surface area (Å²) in [7, 11) is -3.84. The number of aromatic carboxylic acids is 1. The van der Waals surface area contributed by atoms with Crippen LogP contribution in [-0.2, 0) is 10.0 Å². The van der Waals surface area contributed by atoms with Crippen LogP contribution in [0.15, 0.2) is 77.7 Å². The molecule has 214 valence electrons. The molecule has 2 heterocycles. The number of hydrogen-bond acceptors (Lipinski definition) is 6. The normalized spacial score (nSPS) is 13.1. The highest BCUT2D eigenvalue weighted by atomic mass is 35.5. The lowest BCUT2D eigenvalue weighted by Gasteiger charge is -2.37. The SMILES string of the molecule is Cc1cccc(S(=O)(=O)Nc2ccc3nc(N4CCN(c5ccc(F)cc5)CC4)cc(C(=O)O)c3c2)c1.Cl.Cl.Cl. The van der Waals surface area contributed by atoms with E-state index in [9.17, 15) is 22.7 Å². The minimum Gasteiger partial charge on any atom is -0.478 e. The van der Waals surface area contributed by atoms with Gasteiger partial charge < -0.3 is 14.9 Å². The van der Waals surface area contributed by atoms with Crippen molar-refractivity contribution in [2.24, 2.45) is 0 Å². The monoisotopic (exact) mass is 628 g/mol. The van der Waals surface area contributed by atoms with Gasteiger partial charge in [-0.05, 0) is 73.2 Å². The number of nitrogens with one attached hydrogen (secondary N) is 1. The van der Waals surface area contributed by atoms with Crippen LogP contribution < -0.4 is 14.5 Å². The third-order valence-corrected chi connectivity index (χ3v) is 7.75. The molecule has 13 heteroatoms. The summed E-state index contributed by atoms with van der Waals surface area (Å²) in [6.07, 6.45) is 0. The number of pyridine rings is 1. The lowest BCUT2D eigenvalue weighted by Crippen LogP contribution is -2.46. The molecule has 1 aliphatic rings. The summed E-state index contributed by atoms with van der Waals surface area (Å²) in [5, 5.41) is 10.3. The number of aromatic nitrogens is 1. The number of nitrogens with zero attached hydrogens (tertiary/aromatic N) is 3. The number of fused-ring (bicyclic) bond motifs is 1. The Morgan fingerprint density at radius 1 is 0.900 bits per heavy atom. The first-order valence-electron chi connectivity index (χ1n) is 11.7. The molecule has 0 amide bonds. The molecule has 40 heavy (non-hydrogen) atoms. The number of halogens is 4. The van der Waals surface area contributed by atoms with Crippen molar-refractivity contribution >= 4 is 81.3 Å². The van der Waals surface area contributed by atoms with Crippen molar-refractivity contribution < 1.29 is 22.7 Å². The molecule has 0 radical (unpaired) electrons. The van der Waals surface area contributed by atoms with E-state index >= 15 is 0 Å². The average molecular weight is 630 g/mol. The fourth-order valence-corrected chi connectivity index (χ4v) is 5.61. The van der Waals surface area contributed by atoms with Crippen molar-refractivity contribution in [3.8, 4) is 0 Å². The third kappa shape index (κ3) is 7.06. The quantitative estimate of drug-likeness (QED) is 0.279. The van der Waals surface area contributed by atoms with Crippen molar-refractivity contribution in [3.63, 3.8) is 0 Å². The van der Waals surface area contributed by atoms with Crippen molar-refractivity contribution in [2.75, 3.05) is 40.7 Å². The zero-order chi connectivity index (χ0) is 26.2. The van der Waals surface area contributed by atoms with Gasteiger partial charge in [-0.25, -0.2) is 22.6 Å². The molecule has 0 unspecified atom stereocenters. The van der Waals surface area contributed by atoms with Crippen LogP contribution in [0.3, 0.4) is 0 Å². The lowest BCUT2D eigenvalue weighted by atomic mass is 10.1. The molecule has 0 bridgehead atoms. The first kappa shape index (κ1) is 32.9. The number of anilines is 3. The molecule has 1 aromatic heterocycles. The van der Waals surface area contributed by atoms with Gasteiger partial charge in [0, 0.05) is 42.9 Å². The van der Waals surface area contributed by atoms with Crippen molar-refractivity contribution in [2.45, 2.75) is 11.8 Å². The Labute approximate surface area is 250 Å². The summed E-state index contributed by atoms with van der Waals surface area (Å²) in [6.45, 7) is 4.38. The number of benzene rings is 3. The molecule has 3 aromatic carbocycles. The molecular formula is C27H28Cl3FN4O4S. The topological polar surface area (TPSA) is 103 Å². The van der Waals surface area contributed by atoms with Gasteiger partial charge >= 0.3 is 5.97 Å². The summed E-state index contributed by atoms with van der Waals surface area (Å²) >= 11 is 0. The maximum absolute atomic E-state index is 13.2. The zero-order valence-corrected chi connectivity index (χ0v) is 24.5. The Morgan fingerprint density at radius 2 is 1.55 bits per heavy atom. The Kier molecular flexibility index (Phi) is 11.0. The van der Waals surface area contributed by atoms with Crippen LogP contribution >= 0.6 is 37.2 Å². The highest BCUT2D eigenvalue weighted by molar-refractivity contribution is 7.92. The van der Waals surface area contributed by atoms with Crippen LogP contribution in [0.2, 0.25) is 0 Å². The molecule has 2 N–H and O–H groups in total. The highest BCUT2D eigenvalue weighted by Crippen LogP contribution is 2.28. The van der Waals surface area contributed by atoms with Gasteiger partial charge in [-0.15, -0.1) is 37.2 Å². The average Bonchev–Trinajstić information content (AvgIpc) is 2.88. The van der Waals surface area contributed by atoms with Crippen molar-refractivity contribution in [1.29, 1.82) is 0 Å².